The Morgan fingerprint density at radius 1 is 1.03 bits per heavy atom. The van der Waals surface area contributed by atoms with Gasteiger partial charge in [-0.25, -0.2) is 5.43 Å². The summed E-state index contributed by atoms with van der Waals surface area (Å²) in [4.78, 5) is 27.1. The molecule has 1 aliphatic rings. The van der Waals surface area contributed by atoms with Gasteiger partial charge in [-0.15, -0.1) is 0 Å². The van der Waals surface area contributed by atoms with Crippen molar-refractivity contribution in [3.63, 3.8) is 0 Å². The number of non-ortho nitro benzene ring substituents is 1. The molecule has 0 bridgehead atoms. The summed E-state index contributed by atoms with van der Waals surface area (Å²) in [6.07, 6.45) is -4.12. The number of piperazine rings is 1. The van der Waals surface area contributed by atoms with Gasteiger partial charge in [0.15, 0.2) is 0 Å². The van der Waals surface area contributed by atoms with Gasteiger partial charge in [-0.3, -0.25) is 15.0 Å². The second-order valence-corrected chi connectivity index (χ2v) is 8.42. The topological polar surface area (TPSA) is 122 Å². The fourth-order valence-electron chi connectivity index (χ4n) is 3.65. The van der Waals surface area contributed by atoms with Gasteiger partial charge in [0.25, 0.3) is 11.6 Å². The minimum absolute atomic E-state index is 0.0121. The molecule has 38 heavy (non-hydrogen) atoms. The molecule has 1 aromatic heterocycles. The number of anilines is 2. The average molecular weight is 531 g/mol. The maximum Gasteiger partial charge on any atom is 0.392 e. The third-order valence-corrected chi connectivity index (χ3v) is 5.61. The van der Waals surface area contributed by atoms with Gasteiger partial charge in [-0.05, 0) is 23.3 Å². The van der Waals surface area contributed by atoms with E-state index in [-0.39, 0.29) is 23.6 Å². The van der Waals surface area contributed by atoms with Gasteiger partial charge in [0, 0.05) is 44.9 Å². The molecule has 3 aromatic rings. The van der Waals surface area contributed by atoms with E-state index in [9.17, 15) is 23.3 Å². The summed E-state index contributed by atoms with van der Waals surface area (Å²) in [5.74, 6) is 0.247. The molecule has 14 heteroatoms. The average Bonchev–Trinajstić information content (AvgIpc) is 2.89. The van der Waals surface area contributed by atoms with Crippen molar-refractivity contribution in [2.24, 2.45) is 5.10 Å². The molecule has 1 aliphatic heterocycles. The highest BCUT2D eigenvalue weighted by Gasteiger charge is 2.27. The van der Waals surface area contributed by atoms with Crippen LogP contribution in [0, 0.1) is 10.1 Å². The molecule has 0 atom stereocenters. The molecule has 0 amide bonds. The smallest absolute Gasteiger partial charge is 0.392 e. The predicted octanol–water partition coefficient (Wildman–Crippen LogP) is 3.88. The lowest BCUT2D eigenvalue weighted by molar-refractivity contribution is -0.384. The number of nitro groups is 1. The molecule has 200 valence electrons. The van der Waals surface area contributed by atoms with E-state index in [2.05, 4.69) is 42.5 Å². The van der Waals surface area contributed by atoms with Crippen LogP contribution in [0.25, 0.3) is 0 Å². The monoisotopic (exact) mass is 530 g/mol. The summed E-state index contributed by atoms with van der Waals surface area (Å²) in [6, 6.07) is 15.6. The van der Waals surface area contributed by atoms with Crippen molar-refractivity contribution < 1.29 is 22.8 Å². The molecule has 1 N–H and O–H groups in total. The number of halogens is 3. The number of nitrogens with zero attached hydrogens (tertiary/aromatic N) is 7. The van der Waals surface area contributed by atoms with Crippen molar-refractivity contribution in [3.8, 4) is 6.01 Å². The molecule has 0 aliphatic carbocycles. The highest BCUT2D eigenvalue weighted by atomic mass is 19.4. The van der Waals surface area contributed by atoms with E-state index in [0.717, 1.165) is 19.6 Å². The largest absolute Gasteiger partial charge is 0.463 e. The zero-order chi connectivity index (χ0) is 27.0. The van der Waals surface area contributed by atoms with Gasteiger partial charge in [0.1, 0.15) is 6.61 Å². The van der Waals surface area contributed by atoms with Gasteiger partial charge in [-0.2, -0.15) is 33.2 Å². The SMILES string of the molecule is O=[N+]([O-])c1ccc(/C=N/Nc2nc(OCCC(F)(F)F)nc(N3CCN(Cc4ccccc4)CC3)n2)cc1. The minimum Gasteiger partial charge on any atom is -0.463 e. The fourth-order valence-corrected chi connectivity index (χ4v) is 3.65. The number of hydrogen-bond donors (Lipinski definition) is 1. The number of aromatic nitrogens is 3. The molecule has 0 radical (unpaired) electrons. The summed E-state index contributed by atoms with van der Waals surface area (Å²) >= 11 is 0. The van der Waals surface area contributed by atoms with E-state index in [4.69, 9.17) is 4.74 Å². The summed E-state index contributed by atoms with van der Waals surface area (Å²) in [5.41, 5.74) is 4.36. The van der Waals surface area contributed by atoms with E-state index in [0.29, 0.717) is 18.7 Å². The number of nitrogens with one attached hydrogen (secondary N) is 1. The number of rotatable bonds is 10. The van der Waals surface area contributed by atoms with Crippen LogP contribution in [0.1, 0.15) is 17.5 Å². The van der Waals surface area contributed by atoms with Crippen molar-refractivity contribution in [3.05, 3.63) is 75.8 Å². The molecule has 1 saturated heterocycles. The van der Waals surface area contributed by atoms with Crippen LogP contribution in [0.15, 0.2) is 59.7 Å². The van der Waals surface area contributed by atoms with E-state index < -0.39 is 24.1 Å². The Bertz CT molecular complexity index is 1230. The van der Waals surface area contributed by atoms with Crippen molar-refractivity contribution >= 4 is 23.8 Å². The van der Waals surface area contributed by atoms with E-state index in [1.807, 2.05) is 23.1 Å². The third kappa shape index (κ3) is 8.09. The summed E-state index contributed by atoms with van der Waals surface area (Å²) < 4.78 is 42.9. The van der Waals surface area contributed by atoms with Crippen molar-refractivity contribution in [2.75, 3.05) is 43.1 Å². The zero-order valence-electron chi connectivity index (χ0n) is 20.2. The summed E-state index contributed by atoms with van der Waals surface area (Å²) in [5, 5.41) is 14.8. The normalized spacial score (nSPS) is 14.6. The number of hydrogen-bond acceptors (Lipinski definition) is 10. The maximum atomic E-state index is 12.6. The van der Waals surface area contributed by atoms with Gasteiger partial charge < -0.3 is 9.64 Å². The fraction of sp³-hybridized carbons (Fsp3) is 0.333. The molecule has 11 nitrogen and oxygen atoms in total. The Kier molecular flexibility index (Phi) is 8.63. The highest BCUT2D eigenvalue weighted by Crippen LogP contribution is 2.21. The Labute approximate surface area is 216 Å². The lowest BCUT2D eigenvalue weighted by Crippen LogP contribution is -2.46. The van der Waals surface area contributed by atoms with Crippen molar-refractivity contribution in [2.45, 2.75) is 19.1 Å². The van der Waals surface area contributed by atoms with Crippen LogP contribution < -0.4 is 15.1 Å². The lowest BCUT2D eigenvalue weighted by Gasteiger charge is -2.34. The Morgan fingerprint density at radius 2 is 1.74 bits per heavy atom. The first-order chi connectivity index (χ1) is 18.2. The molecule has 0 unspecified atom stereocenters. The number of hydrazone groups is 1. The Morgan fingerprint density at radius 3 is 2.39 bits per heavy atom. The van der Waals surface area contributed by atoms with Crippen LogP contribution >= 0.6 is 0 Å². The zero-order valence-corrected chi connectivity index (χ0v) is 20.2. The summed E-state index contributed by atoms with van der Waals surface area (Å²) in [6.45, 7) is 2.86. The second-order valence-electron chi connectivity index (χ2n) is 8.42. The standard InChI is InChI=1S/C24H25F3N8O3/c25-24(26,27)10-15-38-23-30-21(32-28-16-18-6-8-20(9-7-18)35(36)37)29-22(31-23)34-13-11-33(12-14-34)17-19-4-2-1-3-5-19/h1-9,16H,10-15,17H2,(H,29,30,31,32)/b28-16+. The van der Waals surface area contributed by atoms with Crippen LogP contribution in [0.3, 0.4) is 0 Å². The number of nitro benzene ring substituents is 1. The van der Waals surface area contributed by atoms with Crippen LogP contribution in [0.4, 0.5) is 30.8 Å². The molecule has 1 fully saturated rings. The van der Waals surface area contributed by atoms with Crippen LogP contribution in [0.2, 0.25) is 0 Å². The summed E-state index contributed by atoms with van der Waals surface area (Å²) in [7, 11) is 0. The maximum absolute atomic E-state index is 12.6. The molecule has 4 rings (SSSR count). The van der Waals surface area contributed by atoms with Gasteiger partial charge >= 0.3 is 12.2 Å². The quantitative estimate of drug-likeness (QED) is 0.236. The van der Waals surface area contributed by atoms with E-state index in [1.165, 1.54) is 36.0 Å². The Hall–Kier alpha value is -4.33. The van der Waals surface area contributed by atoms with Crippen LogP contribution in [-0.4, -0.2) is 70.0 Å². The molecule has 0 spiro atoms. The van der Waals surface area contributed by atoms with Crippen LogP contribution in [0.5, 0.6) is 6.01 Å². The first kappa shape index (κ1) is 26.7. The predicted molar refractivity (Wildman–Crippen MR) is 134 cm³/mol. The van der Waals surface area contributed by atoms with Gasteiger partial charge in [0.05, 0.1) is 17.6 Å². The minimum atomic E-state index is -4.37. The molecule has 2 heterocycles. The first-order valence-electron chi connectivity index (χ1n) is 11.8. The van der Waals surface area contributed by atoms with Crippen molar-refractivity contribution in [1.29, 1.82) is 0 Å². The third-order valence-electron chi connectivity index (χ3n) is 5.61. The van der Waals surface area contributed by atoms with Crippen molar-refractivity contribution in [1.82, 2.24) is 19.9 Å². The number of ether oxygens (including phenoxy) is 1. The first-order valence-corrected chi connectivity index (χ1v) is 11.8. The highest BCUT2D eigenvalue weighted by molar-refractivity contribution is 5.80. The molecular formula is C24H25F3N8O3. The lowest BCUT2D eigenvalue weighted by atomic mass is 10.2. The molecule has 0 saturated carbocycles. The van der Waals surface area contributed by atoms with Gasteiger partial charge in [0.2, 0.25) is 5.95 Å². The number of alkyl halides is 3. The van der Waals surface area contributed by atoms with Crippen LogP contribution in [-0.2, 0) is 6.54 Å². The molecule has 2 aromatic carbocycles. The second kappa shape index (κ2) is 12.3. The Balaban J connectivity index is 1.43. The van der Waals surface area contributed by atoms with E-state index >= 15 is 0 Å². The molecular weight excluding hydrogens is 505 g/mol. The number of benzene rings is 2. The van der Waals surface area contributed by atoms with E-state index in [1.54, 1.807) is 0 Å². The van der Waals surface area contributed by atoms with Gasteiger partial charge in [-0.1, -0.05) is 30.3 Å².